The van der Waals surface area contributed by atoms with Crippen molar-refractivity contribution in [1.82, 2.24) is 10.6 Å². The number of hydrogen-bond donors (Lipinski definition) is 3. The molecule has 0 spiro atoms. The summed E-state index contributed by atoms with van der Waals surface area (Å²) in [6.45, 7) is 14.4. The Balaban J connectivity index is 2.28. The highest BCUT2D eigenvalue weighted by atomic mass is 16.4. The van der Waals surface area contributed by atoms with Crippen LogP contribution in [0.25, 0.3) is 0 Å². The Labute approximate surface area is 175 Å². The lowest BCUT2D eigenvalue weighted by Crippen LogP contribution is -2.50. The van der Waals surface area contributed by atoms with Gasteiger partial charge in [0, 0.05) is 17.8 Å². The predicted octanol–water partition coefficient (Wildman–Crippen LogP) is 3.90. The normalized spacial score (nSPS) is 18.3. The van der Waals surface area contributed by atoms with Crippen LogP contribution in [-0.2, 0) is 11.2 Å². The maximum atomic E-state index is 13.0. The molecule has 2 amide bonds. The largest absolute Gasteiger partial charge is 0.481 e. The van der Waals surface area contributed by atoms with E-state index in [0.717, 1.165) is 30.8 Å². The monoisotopic (exact) mass is 403 g/mol. The molecule has 1 fully saturated rings. The maximum absolute atomic E-state index is 13.0. The van der Waals surface area contributed by atoms with Gasteiger partial charge in [0.05, 0.1) is 5.92 Å². The van der Waals surface area contributed by atoms with Crippen LogP contribution in [0.3, 0.4) is 0 Å². The minimum atomic E-state index is -0.749. The third kappa shape index (κ3) is 7.35. The van der Waals surface area contributed by atoms with Crippen molar-refractivity contribution >= 4 is 17.7 Å². The molecule has 0 bridgehead atoms. The molecule has 6 heteroatoms. The molecule has 0 aromatic heterocycles. The van der Waals surface area contributed by atoms with Gasteiger partial charge in [-0.3, -0.25) is 9.69 Å². The van der Waals surface area contributed by atoms with Gasteiger partial charge in [-0.1, -0.05) is 32.9 Å². The quantitative estimate of drug-likeness (QED) is 0.673. The van der Waals surface area contributed by atoms with Crippen molar-refractivity contribution < 1.29 is 14.7 Å². The van der Waals surface area contributed by atoms with Gasteiger partial charge in [-0.05, 0) is 75.7 Å². The molecule has 1 aromatic rings. The Hall–Kier alpha value is -2.08. The molecule has 0 aliphatic carbocycles. The van der Waals surface area contributed by atoms with Gasteiger partial charge in [-0.15, -0.1) is 0 Å². The first kappa shape index (κ1) is 23.2. The number of carboxylic acid groups (broad SMARTS) is 1. The number of hydrogen-bond acceptors (Lipinski definition) is 3. The standard InChI is InChI=1S/C23H37N3O3/c1-22(2,3)15-26(21(29)25-23(4,5)6)18-9-7-8-16(12-18)13-19(20(27)28)17-10-11-24-14-17/h7-9,12,17,19,24H,10-11,13-15H2,1-6H3,(H,25,29)(H,27,28). The number of aliphatic carboxylic acids is 1. The Morgan fingerprint density at radius 1 is 1.24 bits per heavy atom. The zero-order chi connectivity index (χ0) is 21.8. The number of nitrogens with zero attached hydrogens (tertiary/aromatic N) is 1. The number of rotatable bonds is 6. The lowest BCUT2D eigenvalue weighted by molar-refractivity contribution is -0.143. The minimum Gasteiger partial charge on any atom is -0.481 e. The van der Waals surface area contributed by atoms with Crippen molar-refractivity contribution in [3.8, 4) is 0 Å². The van der Waals surface area contributed by atoms with Gasteiger partial charge in [-0.2, -0.15) is 0 Å². The Morgan fingerprint density at radius 3 is 2.45 bits per heavy atom. The highest BCUT2D eigenvalue weighted by Crippen LogP contribution is 2.27. The Kier molecular flexibility index (Phi) is 7.33. The molecule has 2 rings (SSSR count). The molecule has 1 aromatic carbocycles. The van der Waals surface area contributed by atoms with Crippen LogP contribution in [0.5, 0.6) is 0 Å². The van der Waals surface area contributed by atoms with Gasteiger partial charge in [0.1, 0.15) is 0 Å². The van der Waals surface area contributed by atoms with E-state index in [-0.39, 0.29) is 22.9 Å². The highest BCUT2D eigenvalue weighted by molar-refractivity contribution is 5.92. The fourth-order valence-electron chi connectivity index (χ4n) is 3.72. The number of carbonyl (C=O) groups excluding carboxylic acids is 1. The molecule has 1 aliphatic rings. The minimum absolute atomic E-state index is 0.0790. The van der Waals surface area contributed by atoms with E-state index >= 15 is 0 Å². The lowest BCUT2D eigenvalue weighted by atomic mass is 9.86. The highest BCUT2D eigenvalue weighted by Gasteiger charge is 2.31. The predicted molar refractivity (Wildman–Crippen MR) is 117 cm³/mol. The molecular formula is C23H37N3O3. The number of carbonyl (C=O) groups is 2. The van der Waals surface area contributed by atoms with Crippen LogP contribution < -0.4 is 15.5 Å². The lowest BCUT2D eigenvalue weighted by Gasteiger charge is -2.33. The molecule has 2 atom stereocenters. The number of benzene rings is 1. The fourth-order valence-corrected chi connectivity index (χ4v) is 3.72. The number of amides is 2. The molecule has 1 saturated heterocycles. The van der Waals surface area contributed by atoms with E-state index in [0.29, 0.717) is 13.0 Å². The topological polar surface area (TPSA) is 81.7 Å². The molecule has 2 unspecified atom stereocenters. The summed E-state index contributed by atoms with van der Waals surface area (Å²) in [6.07, 6.45) is 1.36. The van der Waals surface area contributed by atoms with Gasteiger partial charge in [0.2, 0.25) is 0 Å². The number of anilines is 1. The van der Waals surface area contributed by atoms with Gasteiger partial charge >= 0.3 is 12.0 Å². The second kappa shape index (κ2) is 9.16. The average molecular weight is 404 g/mol. The van der Waals surface area contributed by atoms with Crippen LogP contribution >= 0.6 is 0 Å². The van der Waals surface area contributed by atoms with Gasteiger partial charge in [0.15, 0.2) is 0 Å². The van der Waals surface area contributed by atoms with Crippen molar-refractivity contribution in [1.29, 1.82) is 0 Å². The molecule has 0 saturated carbocycles. The van der Waals surface area contributed by atoms with E-state index < -0.39 is 11.9 Å². The van der Waals surface area contributed by atoms with E-state index in [1.54, 1.807) is 4.90 Å². The Bertz CT molecular complexity index is 713. The van der Waals surface area contributed by atoms with Crippen LogP contribution in [0.2, 0.25) is 0 Å². The summed E-state index contributed by atoms with van der Waals surface area (Å²) in [5, 5.41) is 16.0. The third-order valence-electron chi connectivity index (χ3n) is 5.02. The van der Waals surface area contributed by atoms with E-state index in [4.69, 9.17) is 0 Å². The van der Waals surface area contributed by atoms with Crippen molar-refractivity contribution in [2.75, 3.05) is 24.5 Å². The van der Waals surface area contributed by atoms with E-state index in [2.05, 4.69) is 31.4 Å². The maximum Gasteiger partial charge on any atom is 0.322 e. The summed E-state index contributed by atoms with van der Waals surface area (Å²) in [6, 6.07) is 7.62. The van der Waals surface area contributed by atoms with Crippen molar-refractivity contribution in [3.63, 3.8) is 0 Å². The second-order valence-electron chi connectivity index (χ2n) is 10.4. The first-order chi connectivity index (χ1) is 13.4. The van der Waals surface area contributed by atoms with Gasteiger partial charge < -0.3 is 15.7 Å². The molecule has 3 N–H and O–H groups in total. The van der Waals surface area contributed by atoms with Crippen LogP contribution in [0, 0.1) is 17.3 Å². The van der Waals surface area contributed by atoms with Gasteiger partial charge in [0.25, 0.3) is 0 Å². The zero-order valence-electron chi connectivity index (χ0n) is 18.7. The summed E-state index contributed by atoms with van der Waals surface area (Å²) >= 11 is 0. The summed E-state index contributed by atoms with van der Waals surface area (Å²) in [4.78, 5) is 26.6. The van der Waals surface area contributed by atoms with E-state index in [9.17, 15) is 14.7 Å². The van der Waals surface area contributed by atoms with Gasteiger partial charge in [-0.25, -0.2) is 4.79 Å². The van der Waals surface area contributed by atoms with Crippen molar-refractivity contribution in [3.05, 3.63) is 29.8 Å². The first-order valence-electron chi connectivity index (χ1n) is 10.5. The van der Waals surface area contributed by atoms with Crippen LogP contribution in [0.4, 0.5) is 10.5 Å². The summed E-state index contributed by atoms with van der Waals surface area (Å²) in [5.41, 5.74) is 1.33. The molecule has 29 heavy (non-hydrogen) atoms. The van der Waals surface area contributed by atoms with Crippen LogP contribution in [0.1, 0.15) is 53.5 Å². The SMILES string of the molecule is CC(C)(C)CN(C(=O)NC(C)(C)C)c1cccc(CC(C(=O)O)C2CCNC2)c1. The summed E-state index contributed by atoms with van der Waals surface area (Å²) < 4.78 is 0. The third-order valence-corrected chi connectivity index (χ3v) is 5.02. The van der Waals surface area contributed by atoms with E-state index in [1.807, 2.05) is 45.0 Å². The molecule has 1 heterocycles. The second-order valence-corrected chi connectivity index (χ2v) is 10.4. The molecule has 1 aliphatic heterocycles. The van der Waals surface area contributed by atoms with Crippen LogP contribution in [0.15, 0.2) is 24.3 Å². The smallest absolute Gasteiger partial charge is 0.322 e. The summed E-state index contributed by atoms with van der Waals surface area (Å²) in [7, 11) is 0. The average Bonchev–Trinajstić information content (AvgIpc) is 3.09. The number of urea groups is 1. The molecule has 162 valence electrons. The molecular weight excluding hydrogens is 366 g/mol. The number of carboxylic acids is 1. The van der Waals surface area contributed by atoms with E-state index in [1.165, 1.54) is 0 Å². The number of nitrogens with one attached hydrogen (secondary N) is 2. The molecule has 0 radical (unpaired) electrons. The first-order valence-corrected chi connectivity index (χ1v) is 10.5. The molecule has 6 nitrogen and oxygen atoms in total. The Morgan fingerprint density at radius 2 is 1.93 bits per heavy atom. The summed E-state index contributed by atoms with van der Waals surface area (Å²) in [5.74, 6) is -1.02. The van der Waals surface area contributed by atoms with Crippen LogP contribution in [-0.4, -0.2) is 42.3 Å². The fraction of sp³-hybridized carbons (Fsp3) is 0.652. The van der Waals surface area contributed by atoms with Crippen molar-refractivity contribution in [2.24, 2.45) is 17.3 Å². The zero-order valence-corrected chi connectivity index (χ0v) is 18.7. The van der Waals surface area contributed by atoms with Crippen molar-refractivity contribution in [2.45, 2.75) is 59.9 Å².